The molecule has 1 aliphatic rings. The third kappa shape index (κ3) is 3.12. The summed E-state index contributed by atoms with van der Waals surface area (Å²) >= 11 is 0. The van der Waals surface area contributed by atoms with E-state index in [0.717, 1.165) is 6.54 Å². The number of nitrogens with one attached hydrogen (secondary N) is 1. The lowest BCUT2D eigenvalue weighted by molar-refractivity contribution is 0.0675. The van der Waals surface area contributed by atoms with Gasteiger partial charge in [-0.3, -0.25) is 9.59 Å². The number of furan rings is 1. The monoisotopic (exact) mass is 301 g/mol. The number of hydrogen-bond donors (Lipinski definition) is 1. The Bertz CT molecular complexity index is 719. The average Bonchev–Trinajstić information content (AvgIpc) is 2.97. The number of piperazine rings is 1. The Morgan fingerprint density at radius 1 is 1.36 bits per heavy atom. The summed E-state index contributed by atoms with van der Waals surface area (Å²) in [5.74, 6) is 0.827. The van der Waals surface area contributed by atoms with E-state index in [4.69, 9.17) is 4.42 Å². The van der Waals surface area contributed by atoms with Crippen LogP contribution < -0.4 is 10.9 Å². The topological polar surface area (TPSA) is 67.5 Å². The van der Waals surface area contributed by atoms with Gasteiger partial charge in [0.05, 0.1) is 6.54 Å². The SMILES string of the molecule is C[C@@H]1CN(C(=O)c2ccc(Cn3ccccc3=O)o2)CCN1. The Hall–Kier alpha value is -2.34. The van der Waals surface area contributed by atoms with Crippen LogP contribution in [0.3, 0.4) is 0 Å². The van der Waals surface area contributed by atoms with Gasteiger partial charge in [0.1, 0.15) is 5.76 Å². The first-order valence-electron chi connectivity index (χ1n) is 7.40. The van der Waals surface area contributed by atoms with Crippen LogP contribution in [-0.4, -0.2) is 41.1 Å². The lowest BCUT2D eigenvalue weighted by Crippen LogP contribution is -2.51. The van der Waals surface area contributed by atoms with Gasteiger partial charge in [-0.15, -0.1) is 0 Å². The van der Waals surface area contributed by atoms with Crippen LogP contribution in [0.25, 0.3) is 0 Å². The number of nitrogens with zero attached hydrogens (tertiary/aromatic N) is 2. The second kappa shape index (κ2) is 6.19. The van der Waals surface area contributed by atoms with E-state index >= 15 is 0 Å². The number of rotatable bonds is 3. The zero-order chi connectivity index (χ0) is 15.5. The van der Waals surface area contributed by atoms with Gasteiger partial charge < -0.3 is 19.2 Å². The Morgan fingerprint density at radius 2 is 2.23 bits per heavy atom. The molecule has 0 aliphatic carbocycles. The molecule has 1 aliphatic heterocycles. The molecule has 0 aromatic carbocycles. The fourth-order valence-electron chi connectivity index (χ4n) is 2.61. The fraction of sp³-hybridized carbons (Fsp3) is 0.375. The van der Waals surface area contributed by atoms with Crippen LogP contribution in [0.4, 0.5) is 0 Å². The van der Waals surface area contributed by atoms with E-state index in [1.807, 2.05) is 0 Å². The molecule has 6 nitrogen and oxygen atoms in total. The maximum Gasteiger partial charge on any atom is 0.289 e. The van der Waals surface area contributed by atoms with Crippen LogP contribution in [0.1, 0.15) is 23.2 Å². The van der Waals surface area contributed by atoms with Crippen molar-refractivity contribution in [3.05, 3.63) is 58.4 Å². The molecule has 1 atom stereocenters. The van der Waals surface area contributed by atoms with Gasteiger partial charge >= 0.3 is 0 Å². The highest BCUT2D eigenvalue weighted by molar-refractivity contribution is 5.91. The number of carbonyl (C=O) groups is 1. The van der Waals surface area contributed by atoms with Gasteiger partial charge in [0.25, 0.3) is 11.5 Å². The second-order valence-corrected chi connectivity index (χ2v) is 5.54. The second-order valence-electron chi connectivity index (χ2n) is 5.54. The molecule has 116 valence electrons. The molecule has 0 bridgehead atoms. The van der Waals surface area contributed by atoms with Crippen LogP contribution in [0.5, 0.6) is 0 Å². The number of amides is 1. The summed E-state index contributed by atoms with van der Waals surface area (Å²) in [5.41, 5.74) is -0.0947. The Kier molecular flexibility index (Phi) is 4.11. The van der Waals surface area contributed by atoms with Crippen molar-refractivity contribution in [2.24, 2.45) is 0 Å². The molecule has 0 spiro atoms. The van der Waals surface area contributed by atoms with Gasteiger partial charge in [-0.2, -0.15) is 0 Å². The molecule has 3 rings (SSSR count). The standard InChI is InChI=1S/C16H19N3O3/c1-12-10-19(9-7-17-12)16(21)14-6-5-13(22-14)11-18-8-3-2-4-15(18)20/h2-6,8,12,17H,7,9-11H2,1H3/t12-/m1/s1. The molecule has 6 heteroatoms. The van der Waals surface area contributed by atoms with Crippen molar-refractivity contribution in [2.45, 2.75) is 19.5 Å². The molecule has 2 aromatic heterocycles. The van der Waals surface area contributed by atoms with Gasteiger partial charge in [-0.05, 0) is 25.1 Å². The summed E-state index contributed by atoms with van der Waals surface area (Å²) in [6.07, 6.45) is 1.70. The maximum absolute atomic E-state index is 12.4. The van der Waals surface area contributed by atoms with Gasteiger partial charge in [0, 0.05) is 37.9 Å². The quantitative estimate of drug-likeness (QED) is 0.915. The summed E-state index contributed by atoms with van der Waals surface area (Å²) in [4.78, 5) is 25.9. The van der Waals surface area contributed by atoms with Crippen molar-refractivity contribution < 1.29 is 9.21 Å². The molecular weight excluding hydrogens is 282 g/mol. The highest BCUT2D eigenvalue weighted by Gasteiger charge is 2.23. The predicted molar refractivity (Wildman–Crippen MR) is 81.9 cm³/mol. The van der Waals surface area contributed by atoms with E-state index in [9.17, 15) is 9.59 Å². The van der Waals surface area contributed by atoms with E-state index in [1.165, 1.54) is 6.07 Å². The number of pyridine rings is 1. The molecule has 1 fully saturated rings. The highest BCUT2D eigenvalue weighted by Crippen LogP contribution is 2.13. The minimum Gasteiger partial charge on any atom is -0.454 e. The van der Waals surface area contributed by atoms with Crippen molar-refractivity contribution in [1.82, 2.24) is 14.8 Å². The first-order valence-corrected chi connectivity index (χ1v) is 7.40. The summed E-state index contributed by atoms with van der Waals surface area (Å²) in [7, 11) is 0. The summed E-state index contributed by atoms with van der Waals surface area (Å²) in [6, 6.07) is 8.70. The van der Waals surface area contributed by atoms with Crippen molar-refractivity contribution in [1.29, 1.82) is 0 Å². The predicted octanol–water partition coefficient (Wildman–Crippen LogP) is 0.923. The van der Waals surface area contributed by atoms with Crippen molar-refractivity contribution in [3.8, 4) is 0 Å². The maximum atomic E-state index is 12.4. The van der Waals surface area contributed by atoms with Gasteiger partial charge in [-0.25, -0.2) is 0 Å². The Balaban J connectivity index is 1.72. The molecule has 0 radical (unpaired) electrons. The van der Waals surface area contributed by atoms with Crippen LogP contribution >= 0.6 is 0 Å². The Morgan fingerprint density at radius 3 is 3.00 bits per heavy atom. The fourth-order valence-corrected chi connectivity index (χ4v) is 2.61. The van der Waals surface area contributed by atoms with E-state index in [0.29, 0.717) is 31.2 Å². The number of carbonyl (C=O) groups excluding carboxylic acids is 1. The number of aromatic nitrogens is 1. The van der Waals surface area contributed by atoms with Crippen LogP contribution in [-0.2, 0) is 6.54 Å². The summed E-state index contributed by atoms with van der Waals surface area (Å²) in [6.45, 7) is 4.52. The Labute approximate surface area is 128 Å². The van der Waals surface area contributed by atoms with E-state index in [2.05, 4.69) is 12.2 Å². The smallest absolute Gasteiger partial charge is 0.289 e. The largest absolute Gasteiger partial charge is 0.454 e. The first kappa shape index (κ1) is 14.6. The van der Waals surface area contributed by atoms with Gasteiger partial charge in [0.2, 0.25) is 0 Å². The van der Waals surface area contributed by atoms with E-state index < -0.39 is 0 Å². The lowest BCUT2D eigenvalue weighted by atomic mass is 10.2. The molecule has 2 aromatic rings. The van der Waals surface area contributed by atoms with Crippen molar-refractivity contribution in [2.75, 3.05) is 19.6 Å². The zero-order valence-electron chi connectivity index (χ0n) is 12.5. The van der Waals surface area contributed by atoms with Crippen LogP contribution in [0.15, 0.2) is 45.7 Å². The molecular formula is C16H19N3O3. The molecule has 22 heavy (non-hydrogen) atoms. The molecule has 1 amide bonds. The lowest BCUT2D eigenvalue weighted by Gasteiger charge is -2.31. The third-order valence-corrected chi connectivity index (χ3v) is 3.75. The van der Waals surface area contributed by atoms with Crippen molar-refractivity contribution >= 4 is 5.91 Å². The van der Waals surface area contributed by atoms with Crippen LogP contribution in [0.2, 0.25) is 0 Å². The van der Waals surface area contributed by atoms with E-state index in [1.54, 1.807) is 39.9 Å². The summed E-state index contributed by atoms with van der Waals surface area (Å²) in [5, 5.41) is 3.30. The molecule has 3 heterocycles. The minimum atomic E-state index is -0.0972. The first-order chi connectivity index (χ1) is 10.6. The average molecular weight is 301 g/mol. The van der Waals surface area contributed by atoms with E-state index in [-0.39, 0.29) is 17.5 Å². The molecule has 1 saturated heterocycles. The zero-order valence-corrected chi connectivity index (χ0v) is 12.5. The van der Waals surface area contributed by atoms with Crippen molar-refractivity contribution in [3.63, 3.8) is 0 Å². The molecule has 1 N–H and O–H groups in total. The van der Waals surface area contributed by atoms with Gasteiger partial charge in [-0.1, -0.05) is 6.07 Å². The normalized spacial score (nSPS) is 18.4. The molecule has 0 unspecified atom stereocenters. The minimum absolute atomic E-state index is 0.0947. The number of hydrogen-bond acceptors (Lipinski definition) is 4. The summed E-state index contributed by atoms with van der Waals surface area (Å²) < 4.78 is 7.16. The highest BCUT2D eigenvalue weighted by atomic mass is 16.4. The molecule has 0 saturated carbocycles. The van der Waals surface area contributed by atoms with Gasteiger partial charge in [0.15, 0.2) is 5.76 Å². The third-order valence-electron chi connectivity index (χ3n) is 3.75. The van der Waals surface area contributed by atoms with Crippen LogP contribution in [0, 0.1) is 0 Å².